The molecule has 1 saturated carbocycles. The Morgan fingerprint density at radius 1 is 1.16 bits per heavy atom. The zero-order chi connectivity index (χ0) is 22.6. The number of rotatable bonds is 14. The molecule has 0 spiro atoms. The predicted octanol–water partition coefficient (Wildman–Crippen LogP) is 3.47. The number of nitrogens with zero attached hydrogens (tertiary/aromatic N) is 1. The maximum atomic E-state index is 10.6. The van der Waals surface area contributed by atoms with Crippen molar-refractivity contribution in [2.24, 2.45) is 17.0 Å². The van der Waals surface area contributed by atoms with Crippen molar-refractivity contribution in [3.8, 4) is 11.5 Å². The molecular formula is C23H35NO7. The smallest absolute Gasteiger partial charge is 0.303 e. The molecule has 4 N–H and O–H groups in total. The number of methoxy groups -OCH3 is 1. The van der Waals surface area contributed by atoms with Gasteiger partial charge in [0.15, 0.2) is 11.5 Å². The highest BCUT2D eigenvalue weighted by atomic mass is 16.5. The number of hydrogen-bond acceptors (Lipinski definition) is 7. The number of unbranched alkanes of at least 4 members (excludes halogenated alkanes) is 3. The molecule has 0 aromatic heterocycles. The van der Waals surface area contributed by atoms with Crippen LogP contribution >= 0.6 is 0 Å². The summed E-state index contributed by atoms with van der Waals surface area (Å²) in [5, 5.41) is 42.3. The SMILES string of the molecule is COc1ccccc1OCC(O)CCC1/C(=N\O)CC(O)C1CCCCCCC(=O)O. The van der Waals surface area contributed by atoms with Crippen molar-refractivity contribution < 1.29 is 34.8 Å². The van der Waals surface area contributed by atoms with E-state index >= 15 is 0 Å². The first kappa shape index (κ1) is 24.9. The lowest BCUT2D eigenvalue weighted by molar-refractivity contribution is -0.137. The highest BCUT2D eigenvalue weighted by Crippen LogP contribution is 2.37. The summed E-state index contributed by atoms with van der Waals surface area (Å²) in [6, 6.07) is 7.25. The number of carboxylic acid groups (broad SMARTS) is 1. The Morgan fingerprint density at radius 2 is 1.87 bits per heavy atom. The number of ether oxygens (including phenoxy) is 2. The molecule has 4 unspecified atom stereocenters. The van der Waals surface area contributed by atoms with E-state index in [1.165, 1.54) is 0 Å². The lowest BCUT2D eigenvalue weighted by Crippen LogP contribution is -2.24. The monoisotopic (exact) mass is 437 g/mol. The summed E-state index contributed by atoms with van der Waals surface area (Å²) < 4.78 is 10.9. The molecule has 31 heavy (non-hydrogen) atoms. The zero-order valence-electron chi connectivity index (χ0n) is 18.2. The van der Waals surface area contributed by atoms with Crippen LogP contribution in [-0.2, 0) is 4.79 Å². The Bertz CT molecular complexity index is 709. The van der Waals surface area contributed by atoms with Crippen molar-refractivity contribution in [1.82, 2.24) is 0 Å². The molecule has 0 heterocycles. The minimum atomic E-state index is -0.775. The summed E-state index contributed by atoms with van der Waals surface area (Å²) in [4.78, 5) is 10.6. The van der Waals surface area contributed by atoms with Crippen LogP contribution in [0.2, 0.25) is 0 Å². The van der Waals surface area contributed by atoms with Crippen molar-refractivity contribution in [1.29, 1.82) is 0 Å². The molecule has 1 aliphatic carbocycles. The Morgan fingerprint density at radius 3 is 2.55 bits per heavy atom. The molecule has 8 nitrogen and oxygen atoms in total. The number of para-hydroxylation sites is 2. The third-order valence-electron chi connectivity index (χ3n) is 5.98. The van der Waals surface area contributed by atoms with Crippen LogP contribution in [0.3, 0.4) is 0 Å². The molecule has 1 aromatic rings. The van der Waals surface area contributed by atoms with Gasteiger partial charge in [-0.3, -0.25) is 4.79 Å². The largest absolute Gasteiger partial charge is 0.493 e. The second-order valence-electron chi connectivity index (χ2n) is 8.17. The van der Waals surface area contributed by atoms with E-state index in [0.29, 0.717) is 42.9 Å². The van der Waals surface area contributed by atoms with Crippen LogP contribution in [0.1, 0.15) is 57.8 Å². The molecule has 0 radical (unpaired) electrons. The molecular weight excluding hydrogens is 402 g/mol. The fourth-order valence-corrected chi connectivity index (χ4v) is 4.31. The molecule has 1 aliphatic rings. The summed E-state index contributed by atoms with van der Waals surface area (Å²) in [6.07, 6.45) is 4.41. The van der Waals surface area contributed by atoms with Crippen LogP contribution in [0, 0.1) is 11.8 Å². The van der Waals surface area contributed by atoms with Gasteiger partial charge in [0.25, 0.3) is 0 Å². The number of hydrogen-bond donors (Lipinski definition) is 4. The second kappa shape index (κ2) is 13.2. The van der Waals surface area contributed by atoms with Gasteiger partial charge in [-0.25, -0.2) is 0 Å². The number of benzene rings is 1. The summed E-state index contributed by atoms with van der Waals surface area (Å²) in [5.74, 6) is 0.293. The van der Waals surface area contributed by atoms with E-state index in [1.54, 1.807) is 19.2 Å². The minimum Gasteiger partial charge on any atom is -0.493 e. The fourth-order valence-electron chi connectivity index (χ4n) is 4.31. The standard InChI is InChI=1S/C23H35NO7/c1-30-21-9-6-7-10-22(21)31-15-16(25)12-13-17-18(20(26)14-19(17)24-29)8-4-2-3-5-11-23(27)28/h6-7,9-10,16-18,20,25-26,29H,2-5,8,11-15H2,1H3,(H,27,28)/b24-19-. The Kier molecular flexibility index (Phi) is 10.6. The van der Waals surface area contributed by atoms with Gasteiger partial charge in [-0.05, 0) is 43.7 Å². The number of aliphatic carboxylic acids is 1. The summed E-state index contributed by atoms with van der Waals surface area (Å²) in [5.41, 5.74) is 0.584. The van der Waals surface area contributed by atoms with Crippen LogP contribution < -0.4 is 9.47 Å². The first-order chi connectivity index (χ1) is 15.0. The van der Waals surface area contributed by atoms with Gasteiger partial charge in [-0.2, -0.15) is 0 Å². The highest BCUT2D eigenvalue weighted by Gasteiger charge is 2.39. The molecule has 8 heteroatoms. The van der Waals surface area contributed by atoms with E-state index in [9.17, 15) is 20.2 Å². The van der Waals surface area contributed by atoms with Gasteiger partial charge in [-0.1, -0.05) is 36.6 Å². The highest BCUT2D eigenvalue weighted by molar-refractivity contribution is 5.89. The first-order valence-corrected chi connectivity index (χ1v) is 11.0. The van der Waals surface area contributed by atoms with E-state index in [2.05, 4.69) is 5.16 Å². The van der Waals surface area contributed by atoms with E-state index in [1.807, 2.05) is 12.1 Å². The fraction of sp³-hybridized carbons (Fsp3) is 0.652. The third kappa shape index (κ3) is 8.03. The van der Waals surface area contributed by atoms with Gasteiger partial charge < -0.3 is 30.0 Å². The average Bonchev–Trinajstić information content (AvgIpc) is 3.07. The van der Waals surface area contributed by atoms with E-state index in [4.69, 9.17) is 14.6 Å². The van der Waals surface area contributed by atoms with Crippen molar-refractivity contribution in [2.45, 2.75) is 70.0 Å². The maximum Gasteiger partial charge on any atom is 0.303 e. The van der Waals surface area contributed by atoms with Crippen molar-refractivity contribution in [3.05, 3.63) is 24.3 Å². The van der Waals surface area contributed by atoms with Crippen LogP contribution in [-0.4, -0.2) is 58.1 Å². The summed E-state index contributed by atoms with van der Waals surface area (Å²) >= 11 is 0. The van der Waals surface area contributed by atoms with E-state index in [0.717, 1.165) is 25.7 Å². The quantitative estimate of drug-likeness (QED) is 0.199. The van der Waals surface area contributed by atoms with E-state index < -0.39 is 18.2 Å². The predicted molar refractivity (Wildman–Crippen MR) is 116 cm³/mol. The molecule has 1 fully saturated rings. The van der Waals surface area contributed by atoms with Gasteiger partial charge in [0, 0.05) is 18.8 Å². The first-order valence-electron chi connectivity index (χ1n) is 11.0. The number of oxime groups is 1. The van der Waals surface area contributed by atoms with Crippen molar-refractivity contribution in [2.75, 3.05) is 13.7 Å². The average molecular weight is 438 g/mol. The summed E-state index contributed by atoms with van der Waals surface area (Å²) in [7, 11) is 1.56. The number of aliphatic hydroxyl groups excluding tert-OH is 2. The second-order valence-corrected chi connectivity index (χ2v) is 8.17. The van der Waals surface area contributed by atoms with E-state index in [-0.39, 0.29) is 24.9 Å². The maximum absolute atomic E-state index is 10.6. The third-order valence-corrected chi connectivity index (χ3v) is 5.98. The lowest BCUT2D eigenvalue weighted by atomic mass is 9.85. The molecule has 2 rings (SSSR count). The van der Waals surface area contributed by atoms with Crippen molar-refractivity contribution in [3.63, 3.8) is 0 Å². The van der Waals surface area contributed by atoms with Crippen LogP contribution in [0.4, 0.5) is 0 Å². The molecule has 174 valence electrons. The van der Waals surface area contributed by atoms with Gasteiger partial charge in [-0.15, -0.1) is 0 Å². The Labute approximate surface area is 183 Å². The minimum absolute atomic E-state index is 0.0206. The molecule has 0 aliphatic heterocycles. The number of aliphatic hydroxyl groups is 2. The van der Waals surface area contributed by atoms with Gasteiger partial charge in [0.2, 0.25) is 0 Å². The Hall–Kier alpha value is -2.32. The van der Waals surface area contributed by atoms with Gasteiger partial charge in [0.1, 0.15) is 6.61 Å². The summed E-state index contributed by atoms with van der Waals surface area (Å²) in [6.45, 7) is 0.121. The number of carbonyl (C=O) groups is 1. The lowest BCUT2D eigenvalue weighted by Gasteiger charge is -2.23. The molecule has 0 amide bonds. The Balaban J connectivity index is 1.80. The molecule has 0 bridgehead atoms. The van der Waals surface area contributed by atoms with Gasteiger partial charge in [0.05, 0.1) is 25.0 Å². The normalized spacial score (nSPS) is 23.1. The van der Waals surface area contributed by atoms with Gasteiger partial charge >= 0.3 is 5.97 Å². The zero-order valence-corrected chi connectivity index (χ0v) is 18.2. The van der Waals surface area contributed by atoms with Crippen LogP contribution in [0.25, 0.3) is 0 Å². The van der Waals surface area contributed by atoms with Crippen LogP contribution in [0.5, 0.6) is 11.5 Å². The molecule has 0 saturated heterocycles. The van der Waals surface area contributed by atoms with Crippen LogP contribution in [0.15, 0.2) is 29.4 Å². The topological polar surface area (TPSA) is 129 Å². The molecule has 4 atom stereocenters. The van der Waals surface area contributed by atoms with Crippen molar-refractivity contribution >= 4 is 11.7 Å². The number of carboxylic acids is 1. The molecule has 1 aromatic carbocycles.